The van der Waals surface area contributed by atoms with Gasteiger partial charge in [-0.3, -0.25) is 9.59 Å². The zero-order valence-corrected chi connectivity index (χ0v) is 17.5. The molecule has 3 heterocycles. The summed E-state index contributed by atoms with van der Waals surface area (Å²) in [6, 6.07) is 13.2. The summed E-state index contributed by atoms with van der Waals surface area (Å²) in [5.41, 5.74) is 4.05. The number of ether oxygens (including phenoxy) is 2. The van der Waals surface area contributed by atoms with E-state index in [0.29, 0.717) is 36.1 Å². The van der Waals surface area contributed by atoms with Gasteiger partial charge in [-0.05, 0) is 49.2 Å². The number of amides is 1. The van der Waals surface area contributed by atoms with E-state index in [9.17, 15) is 9.59 Å². The average Bonchev–Trinajstić information content (AvgIpc) is 3.13. The largest absolute Gasteiger partial charge is 0.486 e. The number of nitrogens with zero attached hydrogens (tertiary/aromatic N) is 2. The van der Waals surface area contributed by atoms with E-state index in [0.717, 1.165) is 23.4 Å². The Kier molecular flexibility index (Phi) is 4.73. The van der Waals surface area contributed by atoms with Crippen LogP contribution in [0, 0.1) is 6.92 Å². The number of aromatic nitrogens is 2. The Morgan fingerprint density at radius 2 is 1.87 bits per heavy atom. The van der Waals surface area contributed by atoms with Crippen molar-refractivity contribution in [3.63, 3.8) is 0 Å². The topological polar surface area (TPSA) is 82.5 Å². The van der Waals surface area contributed by atoms with Crippen molar-refractivity contribution in [2.75, 3.05) is 18.5 Å². The fourth-order valence-corrected chi connectivity index (χ4v) is 4.23. The lowest BCUT2D eigenvalue weighted by Crippen LogP contribution is -2.28. The monoisotopic (exact) mass is 417 g/mol. The molecule has 5 rings (SSSR count). The molecule has 0 saturated carbocycles. The van der Waals surface area contributed by atoms with E-state index in [2.05, 4.69) is 17.3 Å². The van der Waals surface area contributed by atoms with Crippen LogP contribution in [0.2, 0.25) is 0 Å². The molecule has 0 bridgehead atoms. The minimum atomic E-state index is -0.602. The molecule has 2 aromatic carbocycles. The van der Waals surface area contributed by atoms with Crippen molar-refractivity contribution in [3.8, 4) is 17.2 Å². The Morgan fingerprint density at radius 3 is 2.61 bits per heavy atom. The van der Waals surface area contributed by atoms with Crippen LogP contribution < -0.4 is 14.8 Å². The molecule has 0 saturated heterocycles. The first-order chi connectivity index (χ1) is 15.0. The molecular weight excluding hydrogens is 394 g/mol. The van der Waals surface area contributed by atoms with Crippen LogP contribution in [-0.2, 0) is 11.2 Å². The minimum absolute atomic E-state index is 0.0849. The highest BCUT2D eigenvalue weighted by atomic mass is 16.6. The van der Waals surface area contributed by atoms with Gasteiger partial charge >= 0.3 is 0 Å². The first-order valence-electron chi connectivity index (χ1n) is 10.5. The van der Waals surface area contributed by atoms with Crippen LogP contribution in [-0.4, -0.2) is 34.7 Å². The maximum atomic E-state index is 13.5. The molecule has 7 nitrogen and oxygen atoms in total. The van der Waals surface area contributed by atoms with Crippen LogP contribution in [0.15, 0.2) is 42.5 Å². The molecule has 1 aromatic heterocycles. The summed E-state index contributed by atoms with van der Waals surface area (Å²) < 4.78 is 12.9. The van der Waals surface area contributed by atoms with E-state index in [1.165, 1.54) is 5.56 Å². The number of Topliss-reactive ketones (excluding diaryl/α,β-unsaturated/α-hetero) is 1. The van der Waals surface area contributed by atoms with Gasteiger partial charge in [0.1, 0.15) is 19.0 Å². The number of rotatable bonds is 4. The molecule has 3 aromatic rings. The fourth-order valence-electron chi connectivity index (χ4n) is 4.23. The third kappa shape index (κ3) is 3.36. The number of fused-ring (bicyclic) bond motifs is 2. The number of carbonyl (C=O) groups is 2. The van der Waals surface area contributed by atoms with Crippen LogP contribution in [0.4, 0.5) is 5.82 Å². The average molecular weight is 417 g/mol. The van der Waals surface area contributed by atoms with Crippen LogP contribution in [0.25, 0.3) is 5.69 Å². The van der Waals surface area contributed by atoms with E-state index in [1.54, 1.807) is 22.9 Å². The first-order valence-corrected chi connectivity index (χ1v) is 10.5. The Morgan fingerprint density at radius 1 is 1.13 bits per heavy atom. The van der Waals surface area contributed by atoms with Gasteiger partial charge in [0, 0.05) is 17.5 Å². The van der Waals surface area contributed by atoms with Crippen LogP contribution in [0.5, 0.6) is 11.5 Å². The smallest absolute Gasteiger partial charge is 0.226 e. The number of anilines is 1. The normalized spacial score (nSPS) is 17.1. The molecule has 0 radical (unpaired) electrons. The van der Waals surface area contributed by atoms with Gasteiger partial charge in [0.05, 0.1) is 17.3 Å². The van der Waals surface area contributed by atoms with Crippen molar-refractivity contribution >= 4 is 17.5 Å². The number of hydrogen-bond donors (Lipinski definition) is 1. The van der Waals surface area contributed by atoms with Crippen molar-refractivity contribution in [3.05, 3.63) is 64.8 Å². The van der Waals surface area contributed by atoms with Crippen LogP contribution >= 0.6 is 0 Å². The Hall–Kier alpha value is -3.61. The SMILES string of the molecule is CCc1ccc(-n2nc(C)c3c2NC(=O)C[C@H]3C(=O)c2ccc3c(c2)OCCO3)cc1. The Labute approximate surface area is 180 Å². The molecule has 158 valence electrons. The van der Waals surface area contributed by atoms with Gasteiger partial charge in [0.2, 0.25) is 5.91 Å². The Bertz CT molecular complexity index is 1180. The summed E-state index contributed by atoms with van der Waals surface area (Å²) in [7, 11) is 0. The zero-order chi connectivity index (χ0) is 21.5. The van der Waals surface area contributed by atoms with Gasteiger partial charge in [-0.15, -0.1) is 0 Å². The highest BCUT2D eigenvalue weighted by Gasteiger charge is 2.36. The van der Waals surface area contributed by atoms with Gasteiger partial charge < -0.3 is 14.8 Å². The predicted molar refractivity (Wildman–Crippen MR) is 115 cm³/mol. The van der Waals surface area contributed by atoms with Gasteiger partial charge in [0.25, 0.3) is 0 Å². The van der Waals surface area contributed by atoms with E-state index in [4.69, 9.17) is 9.47 Å². The van der Waals surface area contributed by atoms with Crippen LogP contribution in [0.1, 0.15) is 46.4 Å². The Balaban J connectivity index is 1.54. The predicted octanol–water partition coefficient (Wildman–Crippen LogP) is 3.82. The lowest BCUT2D eigenvalue weighted by Gasteiger charge is -2.24. The van der Waals surface area contributed by atoms with Gasteiger partial charge in [-0.1, -0.05) is 19.1 Å². The van der Waals surface area contributed by atoms with Crippen molar-refractivity contribution in [2.24, 2.45) is 0 Å². The number of carbonyl (C=O) groups excluding carboxylic acids is 2. The zero-order valence-electron chi connectivity index (χ0n) is 17.5. The summed E-state index contributed by atoms with van der Waals surface area (Å²) in [5, 5.41) is 7.58. The number of ketones is 1. The fraction of sp³-hybridized carbons (Fsp3) is 0.292. The molecule has 2 aliphatic heterocycles. The summed E-state index contributed by atoms with van der Waals surface area (Å²) in [6.45, 7) is 4.91. The van der Waals surface area contributed by atoms with E-state index < -0.39 is 5.92 Å². The number of aryl methyl sites for hydroxylation is 2. The maximum Gasteiger partial charge on any atom is 0.226 e. The van der Waals surface area contributed by atoms with Crippen LogP contribution in [0.3, 0.4) is 0 Å². The van der Waals surface area contributed by atoms with Crippen molar-refractivity contribution in [1.29, 1.82) is 0 Å². The quantitative estimate of drug-likeness (QED) is 0.653. The number of hydrogen-bond acceptors (Lipinski definition) is 5. The number of nitrogens with one attached hydrogen (secondary N) is 1. The molecule has 1 amide bonds. The molecule has 0 aliphatic carbocycles. The molecule has 1 atom stereocenters. The lowest BCUT2D eigenvalue weighted by atomic mass is 9.85. The lowest BCUT2D eigenvalue weighted by molar-refractivity contribution is -0.116. The highest BCUT2D eigenvalue weighted by molar-refractivity contribution is 6.08. The molecule has 0 fully saturated rings. The number of benzene rings is 2. The molecule has 31 heavy (non-hydrogen) atoms. The minimum Gasteiger partial charge on any atom is -0.486 e. The van der Waals surface area contributed by atoms with Crippen molar-refractivity contribution in [1.82, 2.24) is 9.78 Å². The second kappa shape index (κ2) is 7.58. The molecule has 7 heteroatoms. The second-order valence-corrected chi connectivity index (χ2v) is 7.81. The third-order valence-corrected chi connectivity index (χ3v) is 5.83. The molecule has 1 N–H and O–H groups in total. The molecular formula is C24H23N3O4. The molecule has 0 spiro atoms. The maximum absolute atomic E-state index is 13.5. The van der Waals surface area contributed by atoms with E-state index in [1.807, 2.05) is 31.2 Å². The first kappa shape index (κ1) is 19.4. The molecule has 0 unspecified atom stereocenters. The summed E-state index contributed by atoms with van der Waals surface area (Å²) >= 11 is 0. The van der Waals surface area contributed by atoms with Gasteiger partial charge in [-0.25, -0.2) is 4.68 Å². The van der Waals surface area contributed by atoms with E-state index >= 15 is 0 Å². The summed E-state index contributed by atoms with van der Waals surface area (Å²) in [5.74, 6) is 0.820. The van der Waals surface area contributed by atoms with Gasteiger partial charge in [-0.2, -0.15) is 5.10 Å². The summed E-state index contributed by atoms with van der Waals surface area (Å²) in [4.78, 5) is 26.0. The second-order valence-electron chi connectivity index (χ2n) is 7.81. The standard InChI is InChI=1S/C24H23N3O4/c1-3-15-4-7-17(8-5-15)27-24-22(14(2)26-27)18(13-21(28)25-24)23(29)16-6-9-19-20(12-16)31-11-10-30-19/h4-9,12,18H,3,10-11,13H2,1-2H3,(H,25,28)/t18-/m1/s1. The van der Waals surface area contributed by atoms with Crippen molar-refractivity contribution < 1.29 is 19.1 Å². The van der Waals surface area contributed by atoms with E-state index in [-0.39, 0.29) is 18.1 Å². The summed E-state index contributed by atoms with van der Waals surface area (Å²) in [6.07, 6.45) is 1.03. The van der Waals surface area contributed by atoms with Gasteiger partial charge in [0.15, 0.2) is 17.3 Å². The third-order valence-electron chi connectivity index (χ3n) is 5.83. The highest BCUT2D eigenvalue weighted by Crippen LogP contribution is 2.39. The molecule has 2 aliphatic rings. The van der Waals surface area contributed by atoms with Crippen molar-refractivity contribution in [2.45, 2.75) is 32.6 Å².